The Morgan fingerprint density at radius 2 is 2.20 bits per heavy atom. The zero-order chi connectivity index (χ0) is 14.5. The van der Waals surface area contributed by atoms with Gasteiger partial charge in [-0.25, -0.2) is 14.2 Å². The van der Waals surface area contributed by atoms with E-state index in [2.05, 4.69) is 14.7 Å². The molecule has 0 aliphatic heterocycles. The number of carbonyl (C=O) groups is 1. The number of esters is 1. The van der Waals surface area contributed by atoms with E-state index in [-0.39, 0.29) is 12.5 Å². The predicted octanol–water partition coefficient (Wildman–Crippen LogP) is 1.99. The van der Waals surface area contributed by atoms with E-state index in [4.69, 9.17) is 9.47 Å². The van der Waals surface area contributed by atoms with Gasteiger partial charge in [-0.1, -0.05) is 0 Å². The van der Waals surface area contributed by atoms with Crippen LogP contribution in [0.25, 0.3) is 11.4 Å². The molecule has 0 saturated heterocycles. The summed E-state index contributed by atoms with van der Waals surface area (Å²) in [6, 6.07) is 2.74. The van der Waals surface area contributed by atoms with E-state index in [1.54, 1.807) is 6.07 Å². The second kappa shape index (κ2) is 6.16. The minimum Gasteiger partial charge on any atom is -0.465 e. The zero-order valence-electron chi connectivity index (χ0n) is 11.0. The number of hydrogen-bond donors (Lipinski definition) is 1. The van der Waals surface area contributed by atoms with Crippen LogP contribution < -0.4 is 4.74 Å². The number of rotatable bonds is 5. The van der Waals surface area contributed by atoms with Gasteiger partial charge in [0.1, 0.15) is 11.5 Å². The highest BCUT2D eigenvalue weighted by Gasteiger charge is 2.14. The van der Waals surface area contributed by atoms with Gasteiger partial charge in [-0.05, 0) is 6.07 Å². The summed E-state index contributed by atoms with van der Waals surface area (Å²) in [5.74, 6) is -0.793. The molecule has 0 saturated carbocycles. The maximum Gasteiger partial charge on any atom is 0.339 e. The van der Waals surface area contributed by atoms with Crippen LogP contribution in [0.15, 0.2) is 24.5 Å². The number of nitrogens with zero attached hydrogens (tertiary/aromatic N) is 1. The Labute approximate surface area is 114 Å². The summed E-state index contributed by atoms with van der Waals surface area (Å²) in [6.45, 7) is -0.0390. The van der Waals surface area contributed by atoms with Crippen LogP contribution in [0, 0.1) is 5.82 Å². The third-order valence-corrected chi connectivity index (χ3v) is 2.51. The highest BCUT2D eigenvalue weighted by molar-refractivity contribution is 5.90. The van der Waals surface area contributed by atoms with Crippen LogP contribution in [0.3, 0.4) is 0 Å². The monoisotopic (exact) mass is 280 g/mol. The number of carbonyl (C=O) groups excluding carboxylic acids is 1. The van der Waals surface area contributed by atoms with Crippen molar-refractivity contribution in [2.45, 2.75) is 0 Å². The van der Waals surface area contributed by atoms with Crippen molar-refractivity contribution in [1.82, 2.24) is 9.97 Å². The third-order valence-electron chi connectivity index (χ3n) is 2.51. The Kier molecular flexibility index (Phi) is 4.31. The van der Waals surface area contributed by atoms with Gasteiger partial charge in [0.25, 0.3) is 0 Å². The van der Waals surface area contributed by atoms with Crippen molar-refractivity contribution in [2.75, 3.05) is 21.0 Å². The number of ether oxygens (including phenoxy) is 3. The Morgan fingerprint density at radius 1 is 1.40 bits per heavy atom. The van der Waals surface area contributed by atoms with Gasteiger partial charge in [-0.2, -0.15) is 0 Å². The molecule has 106 valence electrons. The van der Waals surface area contributed by atoms with Gasteiger partial charge in [-0.3, -0.25) is 0 Å². The molecule has 2 rings (SSSR count). The lowest BCUT2D eigenvalue weighted by Gasteiger charge is -2.08. The molecule has 2 aromatic rings. The minimum atomic E-state index is -0.528. The second-order valence-electron chi connectivity index (χ2n) is 3.84. The van der Waals surface area contributed by atoms with Crippen LogP contribution in [0.1, 0.15) is 10.4 Å². The van der Waals surface area contributed by atoms with Gasteiger partial charge in [0.05, 0.1) is 24.6 Å². The quantitative estimate of drug-likeness (QED) is 0.669. The molecule has 2 aromatic heterocycles. The Hall–Kier alpha value is -2.41. The van der Waals surface area contributed by atoms with Crippen molar-refractivity contribution in [3.8, 4) is 17.1 Å². The summed E-state index contributed by atoms with van der Waals surface area (Å²) in [5.41, 5.74) is 1.22. The summed E-state index contributed by atoms with van der Waals surface area (Å²) < 4.78 is 27.9. The molecule has 7 heteroatoms. The number of pyridine rings is 1. The molecule has 6 nitrogen and oxygen atoms in total. The molecule has 0 amide bonds. The van der Waals surface area contributed by atoms with Crippen LogP contribution in [0.5, 0.6) is 5.75 Å². The van der Waals surface area contributed by atoms with Gasteiger partial charge in [0, 0.05) is 19.4 Å². The van der Waals surface area contributed by atoms with E-state index < -0.39 is 11.8 Å². The number of hydrogen-bond acceptors (Lipinski definition) is 5. The Balaban J connectivity index is 2.36. The number of methoxy groups -OCH3 is 2. The Morgan fingerprint density at radius 3 is 2.90 bits per heavy atom. The van der Waals surface area contributed by atoms with Crippen LogP contribution in [0.4, 0.5) is 4.39 Å². The summed E-state index contributed by atoms with van der Waals surface area (Å²) in [5, 5.41) is 0. The van der Waals surface area contributed by atoms with E-state index in [9.17, 15) is 9.18 Å². The van der Waals surface area contributed by atoms with Crippen LogP contribution >= 0.6 is 0 Å². The predicted molar refractivity (Wildman–Crippen MR) is 67.8 cm³/mol. The first-order valence-electron chi connectivity index (χ1n) is 5.70. The SMILES string of the molecule is COCOc1cc(F)cnc1-c1cc(C(=O)OC)c[nH]1. The van der Waals surface area contributed by atoms with E-state index in [1.807, 2.05) is 0 Å². The molecule has 0 aliphatic rings. The number of aromatic amines is 1. The molecular weight excluding hydrogens is 267 g/mol. The number of halogens is 1. The fraction of sp³-hybridized carbons (Fsp3) is 0.231. The van der Waals surface area contributed by atoms with Crippen molar-refractivity contribution >= 4 is 5.97 Å². The van der Waals surface area contributed by atoms with Crippen molar-refractivity contribution in [2.24, 2.45) is 0 Å². The molecule has 1 N–H and O–H groups in total. The van der Waals surface area contributed by atoms with E-state index >= 15 is 0 Å². The van der Waals surface area contributed by atoms with Crippen LogP contribution in [-0.2, 0) is 9.47 Å². The highest BCUT2D eigenvalue weighted by Crippen LogP contribution is 2.28. The first kappa shape index (κ1) is 14.0. The smallest absolute Gasteiger partial charge is 0.339 e. The molecule has 20 heavy (non-hydrogen) atoms. The summed E-state index contributed by atoms with van der Waals surface area (Å²) in [4.78, 5) is 18.2. The fourth-order valence-corrected chi connectivity index (χ4v) is 1.62. The van der Waals surface area contributed by atoms with E-state index in [0.29, 0.717) is 17.0 Å². The lowest BCUT2D eigenvalue weighted by molar-refractivity contribution is 0.0510. The Bertz CT molecular complexity index is 612. The molecule has 0 fully saturated rings. The summed E-state index contributed by atoms with van der Waals surface area (Å²) >= 11 is 0. The summed E-state index contributed by atoms with van der Waals surface area (Å²) in [7, 11) is 2.74. The molecule has 0 aromatic carbocycles. The lowest BCUT2D eigenvalue weighted by Crippen LogP contribution is -2.02. The van der Waals surface area contributed by atoms with Crippen molar-refractivity contribution < 1.29 is 23.4 Å². The maximum absolute atomic E-state index is 13.2. The fourth-order valence-electron chi connectivity index (χ4n) is 1.62. The van der Waals surface area contributed by atoms with E-state index in [1.165, 1.54) is 26.5 Å². The highest BCUT2D eigenvalue weighted by atomic mass is 19.1. The first-order chi connectivity index (χ1) is 9.65. The van der Waals surface area contributed by atoms with Gasteiger partial charge >= 0.3 is 5.97 Å². The molecule has 0 radical (unpaired) electrons. The number of H-pyrrole nitrogens is 1. The standard InChI is InChI=1S/C13H13FN2O4/c1-18-7-20-11-4-9(14)6-16-12(11)10-3-8(5-15-10)13(17)19-2/h3-6,15H,7H2,1-2H3. The van der Waals surface area contributed by atoms with Crippen LogP contribution in [-0.4, -0.2) is 36.9 Å². The zero-order valence-corrected chi connectivity index (χ0v) is 11.0. The molecular formula is C13H13FN2O4. The van der Waals surface area contributed by atoms with Gasteiger partial charge < -0.3 is 19.2 Å². The van der Waals surface area contributed by atoms with Crippen molar-refractivity contribution in [3.05, 3.63) is 35.9 Å². The molecule has 0 aliphatic carbocycles. The maximum atomic E-state index is 13.2. The first-order valence-corrected chi connectivity index (χ1v) is 5.70. The van der Waals surface area contributed by atoms with Gasteiger partial charge in [-0.15, -0.1) is 0 Å². The molecule has 0 spiro atoms. The van der Waals surface area contributed by atoms with Crippen molar-refractivity contribution in [3.63, 3.8) is 0 Å². The minimum absolute atomic E-state index is 0.0390. The van der Waals surface area contributed by atoms with Crippen molar-refractivity contribution in [1.29, 1.82) is 0 Å². The van der Waals surface area contributed by atoms with Gasteiger partial charge in [0.2, 0.25) is 0 Å². The summed E-state index contributed by atoms with van der Waals surface area (Å²) in [6.07, 6.45) is 2.54. The topological polar surface area (TPSA) is 73.4 Å². The second-order valence-corrected chi connectivity index (χ2v) is 3.84. The average Bonchev–Trinajstić information content (AvgIpc) is 2.94. The third kappa shape index (κ3) is 2.94. The number of aromatic nitrogens is 2. The molecule has 0 bridgehead atoms. The largest absolute Gasteiger partial charge is 0.465 e. The van der Waals surface area contributed by atoms with Gasteiger partial charge in [0.15, 0.2) is 12.5 Å². The average molecular weight is 280 g/mol. The van der Waals surface area contributed by atoms with Crippen LogP contribution in [0.2, 0.25) is 0 Å². The van der Waals surface area contributed by atoms with E-state index in [0.717, 1.165) is 6.20 Å². The molecule has 0 unspecified atom stereocenters. The lowest BCUT2D eigenvalue weighted by atomic mass is 10.2. The molecule has 0 atom stereocenters. The number of nitrogens with one attached hydrogen (secondary N) is 1. The molecule has 2 heterocycles. The normalized spacial score (nSPS) is 10.3.